The first-order valence-electron chi connectivity index (χ1n) is 4.53. The van der Waals surface area contributed by atoms with E-state index in [1.54, 1.807) is 25.3 Å². The molecule has 0 spiro atoms. The Bertz CT molecular complexity index is 562. The van der Waals surface area contributed by atoms with Gasteiger partial charge in [-0.25, -0.2) is 4.98 Å². The molecule has 0 saturated heterocycles. The Morgan fingerprint density at radius 3 is 2.93 bits per heavy atom. The maximum Gasteiger partial charge on any atom is 0.272 e. The summed E-state index contributed by atoms with van der Waals surface area (Å²) in [7, 11) is 0. The molecule has 2 heterocycles. The van der Waals surface area contributed by atoms with Crippen LogP contribution in [0.1, 0.15) is 18.7 Å². The van der Waals surface area contributed by atoms with E-state index in [4.69, 9.17) is 5.73 Å². The van der Waals surface area contributed by atoms with Gasteiger partial charge >= 0.3 is 0 Å². The van der Waals surface area contributed by atoms with Crippen molar-refractivity contribution in [2.24, 2.45) is 5.73 Å². The van der Waals surface area contributed by atoms with Crippen molar-refractivity contribution in [3.05, 3.63) is 44.9 Å². The normalized spacial score (nSPS) is 13.0. The molecule has 0 radical (unpaired) electrons. The number of rotatable bonds is 1. The van der Waals surface area contributed by atoms with Gasteiger partial charge in [-0.15, -0.1) is 0 Å². The largest absolute Gasteiger partial charge is 0.323 e. The van der Waals surface area contributed by atoms with Crippen LogP contribution in [0.2, 0.25) is 0 Å². The van der Waals surface area contributed by atoms with Crippen LogP contribution in [0.5, 0.6) is 0 Å². The second kappa shape index (κ2) is 3.75. The summed E-state index contributed by atoms with van der Waals surface area (Å²) >= 11 is 3.23. The molecular weight excluding hydrogens is 258 g/mol. The summed E-state index contributed by atoms with van der Waals surface area (Å²) in [5, 5.41) is 0. The average molecular weight is 268 g/mol. The molecule has 15 heavy (non-hydrogen) atoms. The topological polar surface area (TPSA) is 60.4 Å². The van der Waals surface area contributed by atoms with Crippen LogP contribution in [-0.2, 0) is 0 Å². The highest BCUT2D eigenvalue weighted by Gasteiger charge is 2.12. The van der Waals surface area contributed by atoms with E-state index in [9.17, 15) is 4.79 Å². The van der Waals surface area contributed by atoms with Crippen molar-refractivity contribution in [3.63, 3.8) is 0 Å². The highest BCUT2D eigenvalue weighted by Crippen LogP contribution is 2.16. The van der Waals surface area contributed by atoms with Crippen LogP contribution >= 0.6 is 15.9 Å². The zero-order valence-electron chi connectivity index (χ0n) is 8.14. The van der Waals surface area contributed by atoms with Crippen LogP contribution in [0.15, 0.2) is 33.7 Å². The summed E-state index contributed by atoms with van der Waals surface area (Å²) < 4.78 is 1.91. The lowest BCUT2D eigenvalue weighted by molar-refractivity contribution is 0.766. The molecule has 0 aliphatic heterocycles. The van der Waals surface area contributed by atoms with Crippen molar-refractivity contribution in [3.8, 4) is 0 Å². The highest BCUT2D eigenvalue weighted by atomic mass is 79.9. The smallest absolute Gasteiger partial charge is 0.272 e. The molecule has 0 amide bonds. The standard InChI is InChI=1S/C10H10BrN3O/c1-6(12)9-8(11)10(15)14-5-3-2-4-7(14)13-9/h2-6H,12H2,1H3/t6-/m0/s1. The predicted molar refractivity (Wildman–Crippen MR) is 61.8 cm³/mol. The van der Waals surface area contributed by atoms with E-state index in [0.29, 0.717) is 15.8 Å². The Morgan fingerprint density at radius 2 is 2.27 bits per heavy atom. The van der Waals surface area contributed by atoms with Crippen LogP contribution in [0, 0.1) is 0 Å². The second-order valence-corrected chi connectivity index (χ2v) is 4.13. The lowest BCUT2D eigenvalue weighted by atomic mass is 10.2. The number of pyridine rings is 1. The third kappa shape index (κ3) is 1.68. The van der Waals surface area contributed by atoms with Crippen molar-refractivity contribution in [1.29, 1.82) is 0 Å². The molecule has 2 N–H and O–H groups in total. The van der Waals surface area contributed by atoms with Gasteiger partial charge in [-0.05, 0) is 35.0 Å². The maximum atomic E-state index is 11.9. The summed E-state index contributed by atoms with van der Waals surface area (Å²) in [5.74, 6) is 0. The van der Waals surface area contributed by atoms with E-state index in [1.807, 2.05) is 6.07 Å². The Balaban J connectivity index is 2.89. The third-order valence-corrected chi connectivity index (χ3v) is 2.88. The minimum atomic E-state index is -0.266. The van der Waals surface area contributed by atoms with Crippen molar-refractivity contribution >= 4 is 21.6 Å². The monoisotopic (exact) mass is 267 g/mol. The Hall–Kier alpha value is -1.20. The number of nitrogens with zero attached hydrogens (tertiary/aromatic N) is 2. The molecule has 0 aliphatic rings. The van der Waals surface area contributed by atoms with E-state index in [2.05, 4.69) is 20.9 Å². The Morgan fingerprint density at radius 1 is 1.53 bits per heavy atom. The van der Waals surface area contributed by atoms with Gasteiger partial charge in [0.15, 0.2) is 0 Å². The van der Waals surface area contributed by atoms with Crippen molar-refractivity contribution in [1.82, 2.24) is 9.38 Å². The molecule has 0 unspecified atom stereocenters. The molecule has 2 aromatic rings. The third-order valence-electron chi connectivity index (χ3n) is 2.14. The first-order chi connectivity index (χ1) is 7.11. The van der Waals surface area contributed by atoms with Crippen LogP contribution in [0.4, 0.5) is 0 Å². The van der Waals surface area contributed by atoms with Gasteiger partial charge in [0.2, 0.25) is 0 Å². The summed E-state index contributed by atoms with van der Waals surface area (Å²) in [6.45, 7) is 1.80. The van der Waals surface area contributed by atoms with Gasteiger partial charge in [0.25, 0.3) is 5.56 Å². The number of fused-ring (bicyclic) bond motifs is 1. The SMILES string of the molecule is C[C@H](N)c1nc2ccccn2c(=O)c1Br. The van der Waals surface area contributed by atoms with Gasteiger partial charge in [0, 0.05) is 12.2 Å². The van der Waals surface area contributed by atoms with Gasteiger partial charge in [0.1, 0.15) is 10.1 Å². The summed E-state index contributed by atoms with van der Waals surface area (Å²) in [5.41, 5.74) is 6.80. The van der Waals surface area contributed by atoms with Gasteiger partial charge in [0.05, 0.1) is 5.69 Å². The number of halogens is 1. The van der Waals surface area contributed by atoms with Crippen molar-refractivity contribution < 1.29 is 0 Å². The van der Waals surface area contributed by atoms with E-state index in [0.717, 1.165) is 0 Å². The zero-order valence-corrected chi connectivity index (χ0v) is 9.73. The van der Waals surface area contributed by atoms with Crippen LogP contribution < -0.4 is 11.3 Å². The van der Waals surface area contributed by atoms with Crippen molar-refractivity contribution in [2.75, 3.05) is 0 Å². The van der Waals surface area contributed by atoms with Gasteiger partial charge in [-0.1, -0.05) is 6.07 Å². The fourth-order valence-corrected chi connectivity index (χ4v) is 2.03. The summed E-state index contributed by atoms with van der Waals surface area (Å²) in [6.07, 6.45) is 1.68. The number of hydrogen-bond acceptors (Lipinski definition) is 3. The van der Waals surface area contributed by atoms with Gasteiger partial charge < -0.3 is 5.73 Å². The maximum absolute atomic E-state index is 11.9. The predicted octanol–water partition coefficient (Wildman–Crippen LogP) is 1.48. The summed E-state index contributed by atoms with van der Waals surface area (Å²) in [6, 6.07) is 5.13. The molecule has 2 rings (SSSR count). The van der Waals surface area contributed by atoms with E-state index in [-0.39, 0.29) is 11.6 Å². The second-order valence-electron chi connectivity index (χ2n) is 3.33. The quantitative estimate of drug-likeness (QED) is 0.852. The first-order valence-corrected chi connectivity index (χ1v) is 5.33. The zero-order chi connectivity index (χ0) is 11.0. The Labute approximate surface area is 94.9 Å². The van der Waals surface area contributed by atoms with E-state index >= 15 is 0 Å². The molecule has 1 atom stereocenters. The van der Waals surface area contributed by atoms with Crippen LogP contribution in [0.25, 0.3) is 5.65 Å². The molecule has 0 aromatic carbocycles. The van der Waals surface area contributed by atoms with Gasteiger partial charge in [-0.3, -0.25) is 9.20 Å². The lowest BCUT2D eigenvalue weighted by Crippen LogP contribution is -2.21. The molecule has 78 valence electrons. The first kappa shape index (κ1) is 10.3. The molecule has 4 nitrogen and oxygen atoms in total. The highest BCUT2D eigenvalue weighted by molar-refractivity contribution is 9.10. The van der Waals surface area contributed by atoms with Crippen LogP contribution in [0.3, 0.4) is 0 Å². The molecule has 5 heteroatoms. The van der Waals surface area contributed by atoms with Crippen molar-refractivity contribution in [2.45, 2.75) is 13.0 Å². The van der Waals surface area contributed by atoms with Crippen LogP contribution in [-0.4, -0.2) is 9.38 Å². The molecule has 0 bridgehead atoms. The summed E-state index contributed by atoms with van der Waals surface area (Å²) in [4.78, 5) is 16.2. The molecule has 0 fully saturated rings. The minimum Gasteiger partial charge on any atom is -0.323 e. The van der Waals surface area contributed by atoms with Gasteiger partial charge in [-0.2, -0.15) is 0 Å². The lowest BCUT2D eigenvalue weighted by Gasteiger charge is -2.08. The van der Waals surface area contributed by atoms with E-state index in [1.165, 1.54) is 4.40 Å². The number of hydrogen-bond donors (Lipinski definition) is 1. The molecular formula is C10H10BrN3O. The molecule has 2 aromatic heterocycles. The number of nitrogens with two attached hydrogens (primary N) is 1. The fourth-order valence-electron chi connectivity index (χ4n) is 1.39. The molecule has 0 saturated carbocycles. The fraction of sp³-hybridized carbons (Fsp3) is 0.200. The average Bonchev–Trinajstić information content (AvgIpc) is 2.23. The Kier molecular flexibility index (Phi) is 2.58. The van der Waals surface area contributed by atoms with E-state index < -0.39 is 0 Å². The minimum absolute atomic E-state index is 0.132. The molecule has 0 aliphatic carbocycles. The number of aromatic nitrogens is 2.